The molecule has 3 rings (SSSR count). The molecule has 1 fully saturated rings. The van der Waals surface area contributed by atoms with Crippen molar-refractivity contribution in [2.45, 2.75) is 38.6 Å². The van der Waals surface area contributed by atoms with Gasteiger partial charge in [0, 0.05) is 23.2 Å². The molecule has 2 aromatic rings. The van der Waals surface area contributed by atoms with E-state index in [1.807, 2.05) is 11.5 Å². The lowest BCUT2D eigenvalue weighted by Gasteiger charge is -2.19. The zero-order valence-electron chi connectivity index (χ0n) is 11.5. The molecular formula is C16H17ClN2O. The number of aryl methyl sites for hydroxylation is 1. The second kappa shape index (κ2) is 5.06. The van der Waals surface area contributed by atoms with Gasteiger partial charge in [-0.2, -0.15) is 0 Å². The van der Waals surface area contributed by atoms with Gasteiger partial charge < -0.3 is 4.57 Å². The highest BCUT2D eigenvalue weighted by Crippen LogP contribution is 2.32. The molecule has 0 radical (unpaired) electrons. The highest BCUT2D eigenvalue weighted by atomic mass is 35.5. The van der Waals surface area contributed by atoms with Crippen molar-refractivity contribution in [3.63, 3.8) is 0 Å². The van der Waals surface area contributed by atoms with Crippen LogP contribution in [0.5, 0.6) is 0 Å². The maximum absolute atomic E-state index is 12.8. The molecule has 0 bridgehead atoms. The van der Waals surface area contributed by atoms with Gasteiger partial charge in [-0.15, -0.1) is 0 Å². The molecule has 0 spiro atoms. The van der Waals surface area contributed by atoms with Gasteiger partial charge in [0.1, 0.15) is 5.15 Å². The maximum atomic E-state index is 12.8. The predicted octanol–water partition coefficient (Wildman–Crippen LogP) is 4.12. The summed E-state index contributed by atoms with van der Waals surface area (Å²) in [7, 11) is 0. The van der Waals surface area contributed by atoms with Gasteiger partial charge in [-0.3, -0.25) is 4.79 Å². The van der Waals surface area contributed by atoms with E-state index in [0.717, 1.165) is 29.3 Å². The van der Waals surface area contributed by atoms with E-state index in [-0.39, 0.29) is 11.6 Å². The smallest absolute Gasteiger partial charge is 0.258 e. The molecule has 0 aliphatic heterocycles. The topological polar surface area (TPSA) is 34.9 Å². The van der Waals surface area contributed by atoms with Gasteiger partial charge in [0.25, 0.3) is 5.56 Å². The Balaban J connectivity index is 2.43. The van der Waals surface area contributed by atoms with Crippen LogP contribution in [0.2, 0.25) is 5.15 Å². The molecule has 4 heteroatoms. The Kier molecular flexibility index (Phi) is 3.38. The first kappa shape index (κ1) is 13.4. The summed E-state index contributed by atoms with van der Waals surface area (Å²) in [6.45, 7) is 5.72. The Hall–Kier alpha value is -1.61. The number of aromatic nitrogens is 2. The van der Waals surface area contributed by atoms with Crippen molar-refractivity contribution < 1.29 is 0 Å². The monoisotopic (exact) mass is 288 g/mol. The lowest BCUT2D eigenvalue weighted by Crippen LogP contribution is -2.26. The van der Waals surface area contributed by atoms with Crippen LogP contribution in [0.3, 0.4) is 0 Å². The second-order valence-electron chi connectivity index (χ2n) is 5.38. The molecule has 1 saturated carbocycles. The van der Waals surface area contributed by atoms with Crippen molar-refractivity contribution in [1.82, 2.24) is 9.55 Å². The molecule has 1 aliphatic carbocycles. The predicted molar refractivity (Wildman–Crippen MR) is 83.3 cm³/mol. The van der Waals surface area contributed by atoms with E-state index >= 15 is 0 Å². The molecule has 1 aliphatic rings. The number of fused-ring (bicyclic) bond motifs is 1. The molecule has 0 N–H and O–H groups in total. The lowest BCUT2D eigenvalue weighted by molar-refractivity contribution is 0.518. The molecule has 0 aromatic carbocycles. The van der Waals surface area contributed by atoms with Crippen LogP contribution >= 0.6 is 11.6 Å². The van der Waals surface area contributed by atoms with E-state index in [1.54, 1.807) is 18.3 Å². The minimum Gasteiger partial charge on any atom is -0.305 e. The molecule has 2 aromatic heterocycles. The number of rotatable bonds is 2. The third kappa shape index (κ3) is 1.97. The lowest BCUT2D eigenvalue weighted by atomic mass is 10.0. The first-order valence-corrected chi connectivity index (χ1v) is 7.34. The molecule has 0 saturated heterocycles. The summed E-state index contributed by atoms with van der Waals surface area (Å²) in [5.41, 5.74) is 2.54. The van der Waals surface area contributed by atoms with Crippen LogP contribution in [-0.2, 0) is 0 Å². The quantitative estimate of drug-likeness (QED) is 0.779. The van der Waals surface area contributed by atoms with Gasteiger partial charge in [0.2, 0.25) is 0 Å². The zero-order chi connectivity index (χ0) is 14.3. The molecule has 0 amide bonds. The van der Waals surface area contributed by atoms with Gasteiger partial charge in [0.05, 0.1) is 5.52 Å². The molecule has 104 valence electrons. The fourth-order valence-electron chi connectivity index (χ4n) is 3.22. The summed E-state index contributed by atoms with van der Waals surface area (Å²) >= 11 is 6.03. The normalized spacial score (nSPS) is 15.9. The molecule has 20 heavy (non-hydrogen) atoms. The van der Waals surface area contributed by atoms with Crippen LogP contribution < -0.4 is 5.56 Å². The minimum atomic E-state index is 0.0409. The van der Waals surface area contributed by atoms with Gasteiger partial charge in [-0.25, -0.2) is 4.98 Å². The highest BCUT2D eigenvalue weighted by Gasteiger charge is 2.22. The Bertz CT molecular complexity index is 742. The Morgan fingerprint density at radius 3 is 2.80 bits per heavy atom. The highest BCUT2D eigenvalue weighted by molar-refractivity contribution is 6.30. The molecule has 3 nitrogen and oxygen atoms in total. The molecule has 0 atom stereocenters. The van der Waals surface area contributed by atoms with Crippen molar-refractivity contribution in [2.75, 3.05) is 0 Å². The van der Waals surface area contributed by atoms with E-state index in [2.05, 4.69) is 11.6 Å². The summed E-state index contributed by atoms with van der Waals surface area (Å²) in [6, 6.07) is 2.07. The van der Waals surface area contributed by atoms with Gasteiger partial charge in [0.15, 0.2) is 0 Å². The number of hydrogen-bond donors (Lipinski definition) is 0. The van der Waals surface area contributed by atoms with Crippen molar-refractivity contribution in [3.8, 4) is 0 Å². The first-order valence-electron chi connectivity index (χ1n) is 6.96. The zero-order valence-corrected chi connectivity index (χ0v) is 12.3. The van der Waals surface area contributed by atoms with Crippen molar-refractivity contribution in [3.05, 3.63) is 45.5 Å². The Labute approximate surface area is 122 Å². The van der Waals surface area contributed by atoms with E-state index in [4.69, 9.17) is 11.6 Å². The summed E-state index contributed by atoms with van der Waals surface area (Å²) in [5, 5.41) is 1.41. The van der Waals surface area contributed by atoms with Gasteiger partial charge in [-0.05, 0) is 31.4 Å². The van der Waals surface area contributed by atoms with Crippen molar-refractivity contribution in [2.24, 2.45) is 0 Å². The third-order valence-corrected chi connectivity index (χ3v) is 4.47. The number of pyridine rings is 2. The maximum Gasteiger partial charge on any atom is 0.258 e. The van der Waals surface area contributed by atoms with E-state index in [0.29, 0.717) is 10.7 Å². The van der Waals surface area contributed by atoms with E-state index in [1.165, 1.54) is 12.8 Å². The Morgan fingerprint density at radius 2 is 2.15 bits per heavy atom. The summed E-state index contributed by atoms with van der Waals surface area (Å²) < 4.78 is 1.90. The molecule has 2 heterocycles. The van der Waals surface area contributed by atoms with Gasteiger partial charge >= 0.3 is 0 Å². The SMILES string of the molecule is C=Cc1c(C)c2cnc(Cl)cc2n(C2CCCC2)c1=O. The average molecular weight is 289 g/mol. The Morgan fingerprint density at radius 1 is 1.45 bits per heavy atom. The summed E-state index contributed by atoms with van der Waals surface area (Å²) in [5.74, 6) is 0. The van der Waals surface area contributed by atoms with Crippen LogP contribution in [-0.4, -0.2) is 9.55 Å². The average Bonchev–Trinajstić information content (AvgIpc) is 2.93. The van der Waals surface area contributed by atoms with Crippen molar-refractivity contribution >= 4 is 28.6 Å². The summed E-state index contributed by atoms with van der Waals surface area (Å²) in [6.07, 6.45) is 7.86. The fourth-order valence-corrected chi connectivity index (χ4v) is 3.37. The van der Waals surface area contributed by atoms with Crippen LogP contribution in [0.25, 0.3) is 17.0 Å². The third-order valence-electron chi connectivity index (χ3n) is 4.26. The van der Waals surface area contributed by atoms with E-state index in [9.17, 15) is 4.79 Å². The molecular weight excluding hydrogens is 272 g/mol. The van der Waals surface area contributed by atoms with Crippen molar-refractivity contribution in [1.29, 1.82) is 0 Å². The number of hydrogen-bond acceptors (Lipinski definition) is 2. The van der Waals surface area contributed by atoms with Crippen LogP contribution in [0.4, 0.5) is 0 Å². The number of nitrogens with zero attached hydrogens (tertiary/aromatic N) is 2. The standard InChI is InChI=1S/C16H17ClN2O/c1-3-12-10(2)13-9-18-15(17)8-14(13)19(16(12)20)11-6-4-5-7-11/h3,8-9,11H,1,4-7H2,2H3. The fraction of sp³-hybridized carbons (Fsp3) is 0.375. The largest absolute Gasteiger partial charge is 0.305 e. The van der Waals surface area contributed by atoms with Crippen LogP contribution in [0.1, 0.15) is 42.9 Å². The van der Waals surface area contributed by atoms with Gasteiger partial charge in [-0.1, -0.05) is 37.1 Å². The summed E-state index contributed by atoms with van der Waals surface area (Å²) in [4.78, 5) is 16.9. The molecule has 0 unspecified atom stereocenters. The van der Waals surface area contributed by atoms with Crippen LogP contribution in [0.15, 0.2) is 23.6 Å². The first-order chi connectivity index (χ1) is 9.63. The van der Waals surface area contributed by atoms with E-state index < -0.39 is 0 Å². The number of halogens is 1. The second-order valence-corrected chi connectivity index (χ2v) is 5.77. The minimum absolute atomic E-state index is 0.0409. The van der Waals surface area contributed by atoms with Crippen LogP contribution in [0, 0.1) is 6.92 Å².